The Morgan fingerprint density at radius 1 is 1.25 bits per heavy atom. The second kappa shape index (κ2) is 9.76. The van der Waals surface area contributed by atoms with Crippen molar-refractivity contribution in [2.75, 3.05) is 18.0 Å². The summed E-state index contributed by atoms with van der Waals surface area (Å²) in [6.45, 7) is 9.04. The van der Waals surface area contributed by atoms with E-state index in [0.29, 0.717) is 47.6 Å². The van der Waals surface area contributed by atoms with Gasteiger partial charge < -0.3 is 25.0 Å². The van der Waals surface area contributed by atoms with Gasteiger partial charge in [0.2, 0.25) is 5.88 Å². The minimum absolute atomic E-state index is 0.0155. The number of aromatic amines is 1. The molecule has 0 spiro atoms. The molecule has 1 fully saturated rings. The minimum Gasteiger partial charge on any atom is -0.449 e. The van der Waals surface area contributed by atoms with Crippen LogP contribution in [-0.4, -0.2) is 56.0 Å². The SMILES string of the molecule is Cc1[nH]c(C(=O)NC2CCN(c3cc(OC(=O)O)nc(SC(C)(C)C)n3)CC2)c(Cl)c1Cl. The average molecular weight is 502 g/mol. The van der Waals surface area contributed by atoms with Crippen LogP contribution < -0.4 is 15.0 Å². The van der Waals surface area contributed by atoms with Crippen LogP contribution in [-0.2, 0) is 0 Å². The van der Waals surface area contributed by atoms with Gasteiger partial charge in [-0.2, -0.15) is 4.98 Å². The van der Waals surface area contributed by atoms with Gasteiger partial charge >= 0.3 is 6.16 Å². The van der Waals surface area contributed by atoms with Gasteiger partial charge in [0.05, 0.1) is 10.0 Å². The summed E-state index contributed by atoms with van der Waals surface area (Å²) in [4.78, 5) is 37.3. The van der Waals surface area contributed by atoms with Crippen molar-refractivity contribution in [2.24, 2.45) is 0 Å². The molecule has 1 aliphatic rings. The van der Waals surface area contributed by atoms with Crippen LogP contribution in [0, 0.1) is 6.92 Å². The Morgan fingerprint density at radius 3 is 2.44 bits per heavy atom. The number of thioether (sulfide) groups is 1. The number of H-pyrrole nitrogens is 1. The van der Waals surface area contributed by atoms with Gasteiger partial charge in [0.1, 0.15) is 11.5 Å². The molecule has 2 aromatic rings. The first-order chi connectivity index (χ1) is 14.9. The Labute approximate surface area is 200 Å². The number of piperidine rings is 1. The van der Waals surface area contributed by atoms with E-state index < -0.39 is 6.16 Å². The summed E-state index contributed by atoms with van der Waals surface area (Å²) in [6.07, 6.45) is -0.0731. The number of amides is 1. The van der Waals surface area contributed by atoms with E-state index in [0.717, 1.165) is 0 Å². The van der Waals surface area contributed by atoms with E-state index in [1.807, 2.05) is 25.7 Å². The summed E-state index contributed by atoms with van der Waals surface area (Å²) in [5.41, 5.74) is 0.899. The Morgan fingerprint density at radius 2 is 1.91 bits per heavy atom. The molecule has 32 heavy (non-hydrogen) atoms. The van der Waals surface area contributed by atoms with Gasteiger partial charge in [-0.1, -0.05) is 55.7 Å². The third-order valence-corrected chi connectivity index (χ3v) is 6.62. The fourth-order valence-corrected chi connectivity index (χ4v) is 4.49. The van der Waals surface area contributed by atoms with Gasteiger partial charge in [-0.05, 0) is 19.8 Å². The first-order valence-corrected chi connectivity index (χ1v) is 11.6. The molecule has 2 aromatic heterocycles. The normalized spacial score (nSPS) is 15.0. The molecule has 3 N–H and O–H groups in total. The Balaban J connectivity index is 1.68. The molecule has 0 atom stereocenters. The minimum atomic E-state index is -1.43. The van der Waals surface area contributed by atoms with Crippen LogP contribution in [0.3, 0.4) is 0 Å². The number of nitrogens with one attached hydrogen (secondary N) is 2. The predicted octanol–water partition coefficient (Wildman–Crippen LogP) is 4.77. The van der Waals surface area contributed by atoms with Crippen molar-refractivity contribution in [1.29, 1.82) is 0 Å². The maximum Gasteiger partial charge on any atom is 0.512 e. The highest BCUT2D eigenvalue weighted by Crippen LogP contribution is 2.33. The third kappa shape index (κ3) is 6.20. The van der Waals surface area contributed by atoms with Crippen molar-refractivity contribution in [3.05, 3.63) is 27.5 Å². The van der Waals surface area contributed by atoms with Crippen molar-refractivity contribution >= 4 is 52.8 Å². The smallest absolute Gasteiger partial charge is 0.449 e. The van der Waals surface area contributed by atoms with Gasteiger partial charge in [0, 0.05) is 35.6 Å². The number of halogens is 2. The number of ether oxygens (including phenoxy) is 1. The number of carbonyl (C=O) groups excluding carboxylic acids is 1. The van der Waals surface area contributed by atoms with Crippen LogP contribution in [0.2, 0.25) is 10.0 Å². The number of anilines is 1. The molecular weight excluding hydrogens is 477 g/mol. The van der Waals surface area contributed by atoms with E-state index in [1.165, 1.54) is 17.8 Å². The molecule has 0 unspecified atom stereocenters. The zero-order valence-corrected chi connectivity index (χ0v) is 20.5. The molecule has 3 heterocycles. The molecule has 9 nitrogen and oxygen atoms in total. The number of carbonyl (C=O) groups is 2. The number of aryl methyl sites for hydroxylation is 1. The third-order valence-electron chi connectivity index (χ3n) is 4.69. The van der Waals surface area contributed by atoms with E-state index in [2.05, 4.69) is 20.3 Å². The van der Waals surface area contributed by atoms with Gasteiger partial charge in [0.25, 0.3) is 5.91 Å². The summed E-state index contributed by atoms with van der Waals surface area (Å²) in [6, 6.07) is 1.47. The number of carboxylic acid groups (broad SMARTS) is 1. The Hall–Kier alpha value is -2.17. The quantitative estimate of drug-likeness (QED) is 0.304. The van der Waals surface area contributed by atoms with Crippen LogP contribution in [0.15, 0.2) is 11.2 Å². The van der Waals surface area contributed by atoms with Gasteiger partial charge in [-0.15, -0.1) is 0 Å². The summed E-state index contributed by atoms with van der Waals surface area (Å²) < 4.78 is 4.63. The largest absolute Gasteiger partial charge is 0.512 e. The number of rotatable bonds is 5. The highest BCUT2D eigenvalue weighted by atomic mass is 35.5. The number of hydrogen-bond acceptors (Lipinski definition) is 7. The summed E-state index contributed by atoms with van der Waals surface area (Å²) >= 11 is 13.6. The monoisotopic (exact) mass is 501 g/mol. The van der Waals surface area contributed by atoms with Gasteiger partial charge in [-0.3, -0.25) is 4.79 Å². The highest BCUT2D eigenvalue weighted by Gasteiger charge is 2.26. The molecule has 1 aliphatic heterocycles. The Bertz CT molecular complexity index is 1020. The van der Waals surface area contributed by atoms with Crippen LogP contribution >= 0.6 is 35.0 Å². The van der Waals surface area contributed by atoms with Crippen LogP contribution in [0.4, 0.5) is 10.6 Å². The lowest BCUT2D eigenvalue weighted by molar-refractivity contribution is 0.0926. The lowest BCUT2D eigenvalue weighted by Crippen LogP contribution is -2.45. The zero-order valence-electron chi connectivity index (χ0n) is 18.2. The van der Waals surface area contributed by atoms with Crippen LogP contribution in [0.25, 0.3) is 0 Å². The second-order valence-corrected chi connectivity index (χ2v) is 11.0. The molecule has 12 heteroatoms. The summed E-state index contributed by atoms with van der Waals surface area (Å²) in [5.74, 6) is 0.271. The van der Waals surface area contributed by atoms with Crippen molar-refractivity contribution < 1.29 is 19.4 Å². The second-order valence-electron chi connectivity index (χ2n) is 8.42. The molecule has 3 rings (SSSR count). The molecule has 0 radical (unpaired) electrons. The van der Waals surface area contributed by atoms with Crippen molar-refractivity contribution in [3.8, 4) is 5.88 Å². The van der Waals surface area contributed by atoms with Crippen molar-refractivity contribution in [2.45, 2.75) is 56.5 Å². The maximum atomic E-state index is 12.6. The number of nitrogens with zero attached hydrogens (tertiary/aromatic N) is 3. The molecule has 174 valence electrons. The summed E-state index contributed by atoms with van der Waals surface area (Å²) in [5, 5.41) is 13.0. The van der Waals surface area contributed by atoms with Gasteiger partial charge in [0.15, 0.2) is 5.16 Å². The number of hydrogen-bond donors (Lipinski definition) is 3. The topological polar surface area (TPSA) is 120 Å². The lowest BCUT2D eigenvalue weighted by Gasteiger charge is -2.33. The molecular formula is C20H25Cl2N5O4S. The van der Waals surface area contributed by atoms with E-state index in [9.17, 15) is 9.59 Å². The van der Waals surface area contributed by atoms with E-state index in [4.69, 9.17) is 33.0 Å². The Kier molecular flexibility index (Phi) is 7.46. The molecule has 1 amide bonds. The van der Waals surface area contributed by atoms with Crippen molar-refractivity contribution in [1.82, 2.24) is 20.3 Å². The van der Waals surface area contributed by atoms with Crippen LogP contribution in [0.1, 0.15) is 49.8 Å². The molecule has 0 bridgehead atoms. The van der Waals surface area contributed by atoms with Gasteiger partial charge in [-0.25, -0.2) is 9.78 Å². The van der Waals surface area contributed by atoms with Crippen molar-refractivity contribution in [3.63, 3.8) is 0 Å². The van der Waals surface area contributed by atoms with E-state index >= 15 is 0 Å². The molecule has 0 aliphatic carbocycles. The first kappa shape index (κ1) is 24.5. The lowest BCUT2D eigenvalue weighted by atomic mass is 10.0. The molecule has 0 aromatic carbocycles. The predicted molar refractivity (Wildman–Crippen MR) is 125 cm³/mol. The van der Waals surface area contributed by atoms with Crippen LogP contribution in [0.5, 0.6) is 5.88 Å². The molecule has 0 saturated carbocycles. The fraction of sp³-hybridized carbons (Fsp3) is 0.500. The maximum absolute atomic E-state index is 12.6. The standard InChI is InChI=1S/C20H25Cl2N5O4S/c1-10-14(21)15(22)16(23-10)17(28)24-11-5-7-27(8-6-11)12-9-13(31-19(29)30)26-18(25-12)32-20(2,3)4/h9,11,23H,5-8H2,1-4H3,(H,24,28)(H,29,30). The first-order valence-electron chi connectivity index (χ1n) is 10.0. The zero-order chi connectivity index (χ0) is 23.6. The van der Waals surface area contributed by atoms with E-state index in [1.54, 1.807) is 6.92 Å². The average Bonchev–Trinajstić information content (AvgIpc) is 2.94. The number of aromatic nitrogens is 3. The fourth-order valence-electron chi connectivity index (χ4n) is 3.25. The van der Waals surface area contributed by atoms with E-state index in [-0.39, 0.29) is 33.3 Å². The molecule has 1 saturated heterocycles. The summed E-state index contributed by atoms with van der Waals surface area (Å²) in [7, 11) is 0. The highest BCUT2D eigenvalue weighted by molar-refractivity contribution is 8.00.